The smallest absolute Gasteiger partial charge is 0.243 e. The topological polar surface area (TPSA) is 86.8 Å². The molecule has 0 spiro atoms. The van der Waals surface area contributed by atoms with Gasteiger partial charge in [-0.05, 0) is 62.1 Å². The minimum Gasteiger partial charge on any atom is -0.352 e. The molecule has 0 unspecified atom stereocenters. The van der Waals surface area contributed by atoms with Gasteiger partial charge < -0.3 is 10.2 Å². The third-order valence-corrected chi connectivity index (χ3v) is 8.14. The minimum absolute atomic E-state index is 0.0375. The lowest BCUT2D eigenvalue weighted by molar-refractivity contribution is -0.141. The molecule has 204 valence electrons. The Kier molecular flexibility index (Phi) is 12.0. The molecule has 0 aromatic heterocycles. The molecular formula is C26H34Cl3N3O4S. The van der Waals surface area contributed by atoms with E-state index in [4.69, 9.17) is 34.8 Å². The van der Waals surface area contributed by atoms with E-state index < -0.39 is 16.1 Å². The van der Waals surface area contributed by atoms with Crippen LogP contribution in [-0.2, 0) is 26.2 Å². The summed E-state index contributed by atoms with van der Waals surface area (Å²) in [6, 6.07) is 10.9. The minimum atomic E-state index is -3.60. The monoisotopic (exact) mass is 589 g/mol. The number of sulfonamides is 1. The second-order valence-electron chi connectivity index (χ2n) is 8.93. The number of nitrogens with one attached hydrogen (secondary N) is 1. The van der Waals surface area contributed by atoms with Crippen LogP contribution in [0.1, 0.15) is 52.0 Å². The summed E-state index contributed by atoms with van der Waals surface area (Å²) in [7, 11) is -3.60. The molecule has 11 heteroatoms. The van der Waals surface area contributed by atoms with Crippen LogP contribution in [0.3, 0.4) is 0 Å². The van der Waals surface area contributed by atoms with Gasteiger partial charge in [-0.25, -0.2) is 8.42 Å². The van der Waals surface area contributed by atoms with E-state index in [-0.39, 0.29) is 43.8 Å². The van der Waals surface area contributed by atoms with Gasteiger partial charge in [0.25, 0.3) is 0 Å². The lowest BCUT2D eigenvalue weighted by Crippen LogP contribution is -2.50. The molecule has 0 bridgehead atoms. The Balaban J connectivity index is 2.25. The molecule has 0 saturated carbocycles. The Bertz CT molecular complexity index is 1190. The van der Waals surface area contributed by atoms with Crippen LogP contribution in [0.4, 0.5) is 5.69 Å². The van der Waals surface area contributed by atoms with Crippen molar-refractivity contribution < 1.29 is 18.0 Å². The van der Waals surface area contributed by atoms with E-state index in [2.05, 4.69) is 5.32 Å². The first-order chi connectivity index (χ1) is 17.4. The van der Waals surface area contributed by atoms with Crippen molar-refractivity contribution in [2.24, 2.45) is 0 Å². The second-order valence-corrected chi connectivity index (χ2v) is 12.1. The van der Waals surface area contributed by atoms with Crippen molar-refractivity contribution in [3.05, 3.63) is 63.1 Å². The van der Waals surface area contributed by atoms with Crippen molar-refractivity contribution in [1.29, 1.82) is 0 Å². The normalized spacial score (nSPS) is 13.1. The zero-order valence-corrected chi connectivity index (χ0v) is 24.6. The quantitative estimate of drug-likeness (QED) is 0.314. The third kappa shape index (κ3) is 9.36. The van der Waals surface area contributed by atoms with Crippen molar-refractivity contribution in [2.75, 3.05) is 17.1 Å². The number of rotatable bonds is 13. The van der Waals surface area contributed by atoms with Crippen LogP contribution in [0.2, 0.25) is 15.1 Å². The summed E-state index contributed by atoms with van der Waals surface area (Å²) in [5, 5.41) is 4.12. The molecule has 7 nitrogen and oxygen atoms in total. The number of benzene rings is 2. The van der Waals surface area contributed by atoms with Gasteiger partial charge in [-0.15, -0.1) is 0 Å². The van der Waals surface area contributed by atoms with E-state index in [0.29, 0.717) is 27.2 Å². The molecule has 0 heterocycles. The van der Waals surface area contributed by atoms with Gasteiger partial charge in [0.15, 0.2) is 0 Å². The molecule has 0 fully saturated rings. The Morgan fingerprint density at radius 3 is 2.27 bits per heavy atom. The van der Waals surface area contributed by atoms with Crippen LogP contribution in [0, 0.1) is 0 Å². The zero-order valence-electron chi connectivity index (χ0n) is 21.5. The predicted octanol–water partition coefficient (Wildman–Crippen LogP) is 5.92. The number of hydrogen-bond acceptors (Lipinski definition) is 4. The van der Waals surface area contributed by atoms with Gasteiger partial charge in [0, 0.05) is 30.6 Å². The van der Waals surface area contributed by atoms with Crippen molar-refractivity contribution in [3.63, 3.8) is 0 Å². The van der Waals surface area contributed by atoms with Crippen LogP contribution < -0.4 is 9.62 Å². The van der Waals surface area contributed by atoms with Gasteiger partial charge in [0.2, 0.25) is 21.8 Å². The predicted molar refractivity (Wildman–Crippen MR) is 152 cm³/mol. The van der Waals surface area contributed by atoms with E-state index in [1.165, 1.54) is 9.21 Å². The van der Waals surface area contributed by atoms with Crippen molar-refractivity contribution >= 4 is 62.3 Å². The fourth-order valence-corrected chi connectivity index (χ4v) is 5.29. The van der Waals surface area contributed by atoms with Crippen LogP contribution >= 0.6 is 34.8 Å². The van der Waals surface area contributed by atoms with Gasteiger partial charge in [-0.1, -0.05) is 60.8 Å². The SMILES string of the molecule is CC[C@@H](C)NC(=O)[C@H](CC)N(Cc1ccc(Cl)c(Cl)c1)C(=O)CCCN(c1cccc(Cl)c1)S(C)(=O)=O. The Morgan fingerprint density at radius 2 is 1.70 bits per heavy atom. The standard InChI is InChI=1S/C26H34Cl3N3O4S/c1-5-18(3)30-26(34)24(6-2)31(17-19-12-13-22(28)23(29)15-19)25(33)11-8-14-32(37(4,35)36)21-10-7-9-20(27)16-21/h7,9-10,12-13,15-16,18,24H,5-6,8,11,14,17H2,1-4H3,(H,30,34)/t18-,24+/m1/s1. The van der Waals surface area contributed by atoms with Crippen molar-refractivity contribution in [3.8, 4) is 0 Å². The van der Waals surface area contributed by atoms with E-state index in [9.17, 15) is 18.0 Å². The summed E-state index contributed by atoms with van der Waals surface area (Å²) in [5.41, 5.74) is 1.16. The second kappa shape index (κ2) is 14.2. The Hall–Kier alpha value is -2.00. The maximum atomic E-state index is 13.5. The highest BCUT2D eigenvalue weighted by molar-refractivity contribution is 7.92. The van der Waals surface area contributed by atoms with Gasteiger partial charge in [-0.3, -0.25) is 13.9 Å². The number of carbonyl (C=O) groups is 2. The van der Waals surface area contributed by atoms with E-state index in [0.717, 1.165) is 18.2 Å². The number of halogens is 3. The van der Waals surface area contributed by atoms with Crippen LogP contribution in [0.5, 0.6) is 0 Å². The molecule has 0 radical (unpaired) electrons. The maximum Gasteiger partial charge on any atom is 0.243 e. The molecule has 0 aliphatic carbocycles. The first-order valence-electron chi connectivity index (χ1n) is 12.1. The summed E-state index contributed by atoms with van der Waals surface area (Å²) in [4.78, 5) is 28.1. The van der Waals surface area contributed by atoms with Crippen LogP contribution in [-0.4, -0.2) is 50.0 Å². The molecule has 0 aliphatic heterocycles. The number of hydrogen-bond donors (Lipinski definition) is 1. The van der Waals surface area contributed by atoms with Crippen LogP contribution in [0.25, 0.3) is 0 Å². The molecule has 1 N–H and O–H groups in total. The Morgan fingerprint density at radius 1 is 1.00 bits per heavy atom. The molecule has 0 aliphatic rings. The molecule has 37 heavy (non-hydrogen) atoms. The van der Waals surface area contributed by atoms with Gasteiger partial charge in [0.05, 0.1) is 22.0 Å². The fraction of sp³-hybridized carbons (Fsp3) is 0.462. The molecule has 2 aromatic rings. The lowest BCUT2D eigenvalue weighted by Gasteiger charge is -2.32. The summed E-state index contributed by atoms with van der Waals surface area (Å²) in [6.45, 7) is 5.97. The number of nitrogens with zero attached hydrogens (tertiary/aromatic N) is 2. The summed E-state index contributed by atoms with van der Waals surface area (Å²) in [6.07, 6.45) is 2.57. The highest BCUT2D eigenvalue weighted by atomic mass is 35.5. The average molecular weight is 591 g/mol. The largest absolute Gasteiger partial charge is 0.352 e. The van der Waals surface area contributed by atoms with Gasteiger partial charge >= 0.3 is 0 Å². The van der Waals surface area contributed by atoms with Crippen LogP contribution in [0.15, 0.2) is 42.5 Å². The summed E-state index contributed by atoms with van der Waals surface area (Å²) >= 11 is 18.3. The molecular weight excluding hydrogens is 557 g/mol. The molecule has 0 saturated heterocycles. The molecule has 2 atom stereocenters. The maximum absolute atomic E-state index is 13.5. The zero-order chi connectivity index (χ0) is 27.8. The van der Waals surface area contributed by atoms with Crippen molar-refractivity contribution in [1.82, 2.24) is 10.2 Å². The van der Waals surface area contributed by atoms with E-state index in [1.807, 2.05) is 20.8 Å². The van der Waals surface area contributed by atoms with Gasteiger partial charge in [0.1, 0.15) is 6.04 Å². The summed E-state index contributed by atoms with van der Waals surface area (Å²) < 4.78 is 26.1. The number of carbonyl (C=O) groups excluding carboxylic acids is 2. The Labute approximate surface area is 235 Å². The molecule has 2 amide bonds. The van der Waals surface area contributed by atoms with E-state index in [1.54, 1.807) is 42.5 Å². The highest BCUT2D eigenvalue weighted by Gasteiger charge is 2.29. The third-order valence-electron chi connectivity index (χ3n) is 5.97. The first kappa shape index (κ1) is 31.2. The number of anilines is 1. The van der Waals surface area contributed by atoms with Gasteiger partial charge in [-0.2, -0.15) is 0 Å². The first-order valence-corrected chi connectivity index (χ1v) is 15.1. The highest BCUT2D eigenvalue weighted by Crippen LogP contribution is 2.25. The fourth-order valence-electron chi connectivity index (χ4n) is 3.83. The van der Waals surface area contributed by atoms with Crippen molar-refractivity contribution in [2.45, 2.75) is 65.1 Å². The average Bonchev–Trinajstić information content (AvgIpc) is 2.82. The molecule has 2 rings (SSSR count). The lowest BCUT2D eigenvalue weighted by atomic mass is 10.1. The number of amides is 2. The van der Waals surface area contributed by atoms with E-state index >= 15 is 0 Å². The summed E-state index contributed by atoms with van der Waals surface area (Å²) in [5.74, 6) is -0.501. The molecule has 2 aromatic carbocycles.